The molecule has 8 aromatic rings. The topological polar surface area (TPSA) is 307 Å². The van der Waals surface area contributed by atoms with E-state index in [0.29, 0.717) is 48.7 Å². The van der Waals surface area contributed by atoms with Crippen molar-refractivity contribution in [3.05, 3.63) is 170 Å². The Kier molecular flexibility index (Phi) is 30.7. The summed E-state index contributed by atoms with van der Waals surface area (Å²) in [6.45, 7) is 7.07. The normalized spacial score (nSPS) is 19.0. The molecule has 2 aliphatic carbocycles. The van der Waals surface area contributed by atoms with Gasteiger partial charge in [-0.3, -0.25) is 23.6 Å². The summed E-state index contributed by atoms with van der Waals surface area (Å²) in [4.78, 5) is 75.6. The molecule has 1 saturated carbocycles. The summed E-state index contributed by atoms with van der Waals surface area (Å²) in [7, 11) is 5.52. The van der Waals surface area contributed by atoms with Crippen LogP contribution in [0.25, 0.3) is 16.7 Å². The second-order valence-corrected chi connectivity index (χ2v) is 26.9. The van der Waals surface area contributed by atoms with E-state index in [1.807, 2.05) is 89.9 Å². The van der Waals surface area contributed by atoms with Gasteiger partial charge in [0.05, 0.1) is 77.7 Å². The lowest BCUT2D eigenvalue weighted by atomic mass is 9.88. The zero-order chi connectivity index (χ0) is 77.9. The van der Waals surface area contributed by atoms with E-state index in [2.05, 4.69) is 77.3 Å². The number of carbonyl (C=O) groups is 4. The minimum absolute atomic E-state index is 0.0783. The second-order valence-electron chi connectivity index (χ2n) is 26.5. The number of ether oxygens (including phenoxy) is 3. The van der Waals surface area contributed by atoms with Crippen LogP contribution in [0.4, 0.5) is 70.8 Å². The van der Waals surface area contributed by atoms with Crippen LogP contribution < -0.4 is 36.5 Å². The molecular formula is C76H92ClF6N19O7. The summed E-state index contributed by atoms with van der Waals surface area (Å²) in [5.74, 6) is 3.31. The molecule has 26 nitrogen and oxygen atoms in total. The highest BCUT2D eigenvalue weighted by Crippen LogP contribution is 2.44. The fourth-order valence-electron chi connectivity index (χ4n) is 13.4. The summed E-state index contributed by atoms with van der Waals surface area (Å²) in [5, 5.41) is 24.3. The van der Waals surface area contributed by atoms with Gasteiger partial charge >= 0.3 is 23.9 Å². The highest BCUT2D eigenvalue weighted by molar-refractivity contribution is 6.61. The fourth-order valence-corrected chi connectivity index (χ4v) is 13.5. The van der Waals surface area contributed by atoms with Crippen LogP contribution in [0.15, 0.2) is 153 Å². The number of para-hydroxylation sites is 2. The minimum Gasteiger partial charge on any atom is -0.415 e. The Labute approximate surface area is 633 Å². The number of aromatic nitrogens is 12. The molecule has 109 heavy (non-hydrogen) atoms. The predicted molar refractivity (Wildman–Crippen MR) is 401 cm³/mol. The summed E-state index contributed by atoms with van der Waals surface area (Å²) >= 11 is 4.95. The van der Waals surface area contributed by atoms with Crippen LogP contribution in [-0.4, -0.2) is 155 Å². The van der Waals surface area contributed by atoms with Crippen LogP contribution >= 0.6 is 11.6 Å². The number of anilines is 6. The van der Waals surface area contributed by atoms with Crippen LogP contribution in [0.5, 0.6) is 11.5 Å². The predicted octanol–water partition coefficient (Wildman–Crippen LogP) is 15.0. The van der Waals surface area contributed by atoms with Gasteiger partial charge in [-0.15, -0.1) is 0 Å². The molecule has 6 N–H and O–H groups in total. The number of aryl methyl sites for hydroxylation is 3. The molecule has 7 aliphatic rings. The van der Waals surface area contributed by atoms with Gasteiger partial charge in [0, 0.05) is 115 Å². The summed E-state index contributed by atoms with van der Waals surface area (Å²) < 4.78 is 94.3. The fraction of sp³-hybridized carbons (Fsp3) is 0.434. The molecule has 6 atom stereocenters. The molecule has 3 saturated heterocycles. The third-order valence-corrected chi connectivity index (χ3v) is 18.1. The number of fused-ring (bicyclic) bond motifs is 6. The number of allylic oxidation sites excluding steroid dienone is 2. The van der Waals surface area contributed by atoms with Crippen molar-refractivity contribution in [2.24, 2.45) is 38.7 Å². The Bertz CT molecular complexity index is 4170. The van der Waals surface area contributed by atoms with E-state index in [4.69, 9.17) is 26.8 Å². The van der Waals surface area contributed by atoms with Gasteiger partial charge in [0.1, 0.15) is 11.5 Å². The summed E-state index contributed by atoms with van der Waals surface area (Å²) in [5.41, 5.74) is 12.4. The Balaban J connectivity index is 0.000000160. The van der Waals surface area contributed by atoms with Gasteiger partial charge < -0.3 is 51.0 Å². The second kappa shape index (κ2) is 40.6. The molecule has 11 heterocycles. The van der Waals surface area contributed by atoms with Crippen molar-refractivity contribution >= 4 is 86.6 Å². The van der Waals surface area contributed by atoms with Crippen molar-refractivity contribution in [1.82, 2.24) is 74.4 Å². The van der Waals surface area contributed by atoms with Crippen LogP contribution in [0.1, 0.15) is 134 Å². The van der Waals surface area contributed by atoms with Crippen LogP contribution in [-0.2, 0) is 35.5 Å². The third-order valence-electron chi connectivity index (χ3n) is 18.0. The molecular weight excluding hydrogens is 1440 g/mol. The first-order chi connectivity index (χ1) is 52.4. The molecule has 5 aliphatic heterocycles. The van der Waals surface area contributed by atoms with E-state index < -0.39 is 61.4 Å². The molecule has 582 valence electrons. The average molecular weight is 1530 g/mol. The molecule has 6 unspecified atom stereocenters. The molecule has 6 bridgehead atoms. The van der Waals surface area contributed by atoms with E-state index in [-0.39, 0.29) is 24.2 Å². The van der Waals surface area contributed by atoms with Gasteiger partial charge in [-0.2, -0.15) is 41.6 Å². The van der Waals surface area contributed by atoms with Crippen molar-refractivity contribution in [1.29, 1.82) is 0 Å². The molecule has 4 fully saturated rings. The van der Waals surface area contributed by atoms with E-state index in [0.717, 1.165) is 103 Å². The van der Waals surface area contributed by atoms with Crippen LogP contribution in [0.2, 0.25) is 0 Å². The molecule has 2 aromatic carbocycles. The van der Waals surface area contributed by atoms with Crippen molar-refractivity contribution < 1.29 is 59.7 Å². The number of benzene rings is 2. The number of nitrogens with two attached hydrogens (primary N) is 1. The highest BCUT2D eigenvalue weighted by atomic mass is 35.5. The SMILES string of the molecule is C1CCOC1.CCN.CCNC(=O)Oc1ccccc1.Cn1cc(Nc2nccc(C3=CC4CCC(C3)C4)n2)cn1.Cn1cc(Nc2nccc(C3=CC4CCC(C3)N4C(=O)CCC(F)(F)F)n2)cn1.Cn1cc(Nc2nccc(C3=CC4CCC(C3)N4C(=O)CCC(F)(F)F)n2)cn1.O=C(Cl)Oc1ccccc1. The minimum atomic E-state index is -4.32. The van der Waals surface area contributed by atoms with Gasteiger partial charge in [-0.1, -0.05) is 61.5 Å². The standard InChI is InChI=1S/2C19H21F3N6O.C16H19N5.C9H11NO2.C7H5ClO2.C4H8O.C2H7N/c2*1-27-11-13(10-24-27)25-18-23-7-5-16(26-18)12-8-14-2-3-15(9-12)28(14)17(29)4-6-19(20,21)22;1-21-10-14(9-18-21)19-16-17-5-4-15(20-16)13-7-11-2-3-12(6-11)8-13;1-2-10-9(11)12-8-6-4-3-5-7-8;8-7(9)10-6-4-2-1-3-5-6;1-2-4-5-3-1;1-2-3/h2*5,7-8,10-11,14-15H,2-4,6,9H2,1H3,(H,23,25,26);4-5,7,9-12H,2-3,6,8H2,1H3,(H,17,19,20);3-7H,2H2,1H3,(H,10,11);1-5H;1-4H2;2-3H2,1H3. The van der Waals surface area contributed by atoms with Gasteiger partial charge in [-0.25, -0.2) is 39.5 Å². The quantitative estimate of drug-likeness (QED) is 0.0443. The van der Waals surface area contributed by atoms with E-state index in [1.54, 1.807) is 116 Å². The molecule has 0 radical (unpaired) electrons. The zero-order valence-corrected chi connectivity index (χ0v) is 62.1. The lowest BCUT2D eigenvalue weighted by Gasteiger charge is -2.34. The number of carbonyl (C=O) groups excluding carboxylic acids is 4. The maximum Gasteiger partial charge on any atom is 0.412 e. The Hall–Kier alpha value is -10.6. The summed E-state index contributed by atoms with van der Waals surface area (Å²) in [6.07, 6.45) is 22.0. The zero-order valence-electron chi connectivity index (χ0n) is 61.4. The third kappa shape index (κ3) is 26.9. The Morgan fingerprint density at radius 1 is 0.550 bits per heavy atom. The number of nitrogens with zero attached hydrogens (tertiary/aromatic N) is 14. The first-order valence-corrected chi connectivity index (χ1v) is 36.6. The average Bonchev–Trinajstić information content (AvgIpc) is 1.67. The van der Waals surface area contributed by atoms with Crippen molar-refractivity contribution in [2.45, 2.75) is 153 Å². The van der Waals surface area contributed by atoms with Gasteiger partial charge in [0.25, 0.3) is 0 Å². The number of hydrogen-bond acceptors (Lipinski definition) is 20. The van der Waals surface area contributed by atoms with Crippen molar-refractivity contribution in [3.8, 4) is 11.5 Å². The lowest BCUT2D eigenvalue weighted by Crippen LogP contribution is -2.43. The number of nitrogens with one attached hydrogen (secondary N) is 4. The first-order valence-electron chi connectivity index (χ1n) is 36.2. The maximum atomic E-state index is 12.5. The highest BCUT2D eigenvalue weighted by Gasteiger charge is 2.43. The monoisotopic (exact) mass is 1530 g/mol. The Morgan fingerprint density at radius 3 is 1.29 bits per heavy atom. The summed E-state index contributed by atoms with van der Waals surface area (Å²) in [6, 6.07) is 22.7. The van der Waals surface area contributed by atoms with Gasteiger partial charge in [-0.05, 0) is 162 Å². The molecule has 33 heteroatoms. The van der Waals surface area contributed by atoms with Crippen LogP contribution in [0, 0.1) is 11.8 Å². The largest absolute Gasteiger partial charge is 0.415 e. The smallest absolute Gasteiger partial charge is 0.412 e. The lowest BCUT2D eigenvalue weighted by molar-refractivity contribution is -0.150. The number of hydrogen-bond donors (Lipinski definition) is 5. The molecule has 3 amide bonds. The number of amides is 3. The Morgan fingerprint density at radius 2 is 0.954 bits per heavy atom. The maximum absolute atomic E-state index is 12.5. The molecule has 15 rings (SSSR count). The number of halogens is 7. The number of rotatable bonds is 16. The van der Waals surface area contributed by atoms with E-state index in [1.165, 1.54) is 44.1 Å². The van der Waals surface area contributed by atoms with Crippen molar-refractivity contribution in [3.63, 3.8) is 0 Å². The van der Waals surface area contributed by atoms with Gasteiger partial charge in [0.2, 0.25) is 29.7 Å². The van der Waals surface area contributed by atoms with E-state index >= 15 is 0 Å². The van der Waals surface area contributed by atoms with Gasteiger partial charge in [0.15, 0.2) is 0 Å². The first kappa shape index (κ1) is 82.5. The van der Waals surface area contributed by atoms with Crippen molar-refractivity contribution in [2.75, 3.05) is 42.3 Å². The molecule has 0 spiro atoms. The molecule has 6 aromatic heterocycles. The van der Waals surface area contributed by atoms with Crippen LogP contribution in [0.3, 0.4) is 0 Å². The number of alkyl halides is 6. The van der Waals surface area contributed by atoms with E-state index in [9.17, 15) is 45.5 Å².